The fraction of sp³-hybridized carbons (Fsp3) is 0.400. The van der Waals surface area contributed by atoms with Gasteiger partial charge in [0.1, 0.15) is 4.83 Å². The summed E-state index contributed by atoms with van der Waals surface area (Å²) in [4.78, 5) is 22.1. The molecule has 0 aromatic carbocycles. The van der Waals surface area contributed by atoms with Crippen LogP contribution in [-0.4, -0.2) is 19.1 Å². The summed E-state index contributed by atoms with van der Waals surface area (Å²) in [6.07, 6.45) is 5.58. The van der Waals surface area contributed by atoms with Crippen LogP contribution in [0, 0.1) is 11.7 Å². The van der Waals surface area contributed by atoms with Gasteiger partial charge in [0.15, 0.2) is 4.77 Å². The van der Waals surface area contributed by atoms with Gasteiger partial charge in [-0.15, -0.1) is 11.3 Å². The molecule has 116 valence electrons. The SMILES string of the molecule is CCc1cc2c(=O)n(CCCn3cnc(C)c3)c(=S)[nH]c2s1. The summed E-state index contributed by atoms with van der Waals surface area (Å²) in [6, 6.07) is 1.98. The molecule has 0 radical (unpaired) electrons. The molecule has 22 heavy (non-hydrogen) atoms. The first-order valence-electron chi connectivity index (χ1n) is 7.32. The number of hydrogen-bond donors (Lipinski definition) is 1. The van der Waals surface area contributed by atoms with Crippen LogP contribution in [0.3, 0.4) is 0 Å². The van der Waals surface area contributed by atoms with E-state index in [1.807, 2.05) is 30.1 Å². The molecule has 0 fully saturated rings. The molecular weight excluding hydrogens is 316 g/mol. The van der Waals surface area contributed by atoms with Gasteiger partial charge in [0.05, 0.1) is 17.4 Å². The Hall–Kier alpha value is -1.73. The minimum Gasteiger partial charge on any atom is -0.337 e. The average Bonchev–Trinajstić information content (AvgIpc) is 3.08. The molecule has 0 aliphatic carbocycles. The zero-order valence-corrected chi connectivity index (χ0v) is 14.3. The first-order chi connectivity index (χ1) is 10.6. The number of H-pyrrole nitrogens is 1. The Balaban J connectivity index is 1.84. The molecule has 0 atom stereocenters. The second kappa shape index (κ2) is 6.18. The van der Waals surface area contributed by atoms with Crippen molar-refractivity contribution in [3.8, 4) is 0 Å². The summed E-state index contributed by atoms with van der Waals surface area (Å²) >= 11 is 6.95. The molecule has 0 spiro atoms. The predicted molar refractivity (Wildman–Crippen MR) is 92.2 cm³/mol. The fourth-order valence-electron chi connectivity index (χ4n) is 2.48. The maximum absolute atomic E-state index is 12.6. The zero-order chi connectivity index (χ0) is 15.7. The lowest BCUT2D eigenvalue weighted by Crippen LogP contribution is -2.22. The molecule has 1 N–H and O–H groups in total. The Morgan fingerprint density at radius 2 is 2.23 bits per heavy atom. The molecule has 0 unspecified atom stereocenters. The number of aromatic nitrogens is 4. The van der Waals surface area contributed by atoms with E-state index < -0.39 is 0 Å². The van der Waals surface area contributed by atoms with Crippen molar-refractivity contribution in [1.82, 2.24) is 19.1 Å². The van der Waals surface area contributed by atoms with Crippen LogP contribution in [0.1, 0.15) is 23.9 Å². The number of rotatable bonds is 5. The van der Waals surface area contributed by atoms with E-state index in [4.69, 9.17) is 12.2 Å². The van der Waals surface area contributed by atoms with Crippen molar-refractivity contribution in [3.63, 3.8) is 0 Å². The van der Waals surface area contributed by atoms with E-state index >= 15 is 0 Å². The van der Waals surface area contributed by atoms with Crippen molar-refractivity contribution in [2.24, 2.45) is 0 Å². The van der Waals surface area contributed by atoms with Crippen molar-refractivity contribution in [1.29, 1.82) is 0 Å². The number of nitrogens with zero attached hydrogens (tertiary/aromatic N) is 3. The average molecular weight is 334 g/mol. The number of imidazole rings is 1. The molecular formula is C15H18N4OS2. The fourth-order valence-corrected chi connectivity index (χ4v) is 3.81. The van der Waals surface area contributed by atoms with E-state index in [1.165, 1.54) is 4.88 Å². The van der Waals surface area contributed by atoms with Gasteiger partial charge in [0.25, 0.3) is 5.56 Å². The number of fused-ring (bicyclic) bond motifs is 1. The van der Waals surface area contributed by atoms with Gasteiger partial charge in [-0.3, -0.25) is 9.36 Å². The van der Waals surface area contributed by atoms with Crippen molar-refractivity contribution in [2.45, 2.75) is 39.8 Å². The molecule has 5 nitrogen and oxygen atoms in total. The molecule has 0 amide bonds. The Morgan fingerprint density at radius 3 is 2.91 bits per heavy atom. The third-order valence-electron chi connectivity index (χ3n) is 3.63. The van der Waals surface area contributed by atoms with Crippen LogP contribution in [0.2, 0.25) is 0 Å². The molecule has 3 rings (SSSR count). The third-order valence-corrected chi connectivity index (χ3v) is 5.15. The Bertz CT molecular complexity index is 916. The van der Waals surface area contributed by atoms with Crippen molar-refractivity contribution in [2.75, 3.05) is 0 Å². The lowest BCUT2D eigenvalue weighted by Gasteiger charge is -2.06. The van der Waals surface area contributed by atoms with E-state index in [0.717, 1.165) is 35.3 Å². The van der Waals surface area contributed by atoms with Crippen LogP contribution in [-0.2, 0) is 19.5 Å². The molecule has 0 saturated heterocycles. The molecule has 0 saturated carbocycles. The van der Waals surface area contributed by atoms with E-state index in [9.17, 15) is 4.79 Å². The van der Waals surface area contributed by atoms with Crippen LogP contribution >= 0.6 is 23.6 Å². The van der Waals surface area contributed by atoms with Gasteiger partial charge < -0.3 is 9.55 Å². The highest BCUT2D eigenvalue weighted by Gasteiger charge is 2.09. The standard InChI is InChI=1S/C15H18N4OS2/c1-3-11-7-12-13(22-11)17-15(21)19(14(12)20)6-4-5-18-8-10(2)16-9-18/h7-9H,3-6H2,1-2H3,(H,17,21). The second-order valence-corrected chi connectivity index (χ2v) is 6.83. The Labute approximate surface area is 137 Å². The summed E-state index contributed by atoms with van der Waals surface area (Å²) in [5, 5.41) is 0.744. The number of nitrogens with one attached hydrogen (secondary N) is 1. The van der Waals surface area contributed by atoms with E-state index in [1.54, 1.807) is 15.9 Å². The number of aryl methyl sites for hydroxylation is 3. The maximum atomic E-state index is 12.6. The van der Waals surface area contributed by atoms with Gasteiger partial charge in [-0.1, -0.05) is 6.92 Å². The Kier molecular flexibility index (Phi) is 4.26. The first-order valence-corrected chi connectivity index (χ1v) is 8.55. The molecule has 3 aromatic rings. The van der Waals surface area contributed by atoms with Crippen LogP contribution in [0.5, 0.6) is 0 Å². The quantitative estimate of drug-likeness (QED) is 0.729. The van der Waals surface area contributed by atoms with E-state index in [-0.39, 0.29) is 5.56 Å². The van der Waals surface area contributed by atoms with Gasteiger partial charge in [-0.05, 0) is 38.0 Å². The first kappa shape index (κ1) is 15.2. The zero-order valence-electron chi connectivity index (χ0n) is 12.6. The monoisotopic (exact) mass is 334 g/mol. The highest BCUT2D eigenvalue weighted by molar-refractivity contribution is 7.71. The van der Waals surface area contributed by atoms with Gasteiger partial charge in [0.2, 0.25) is 0 Å². The lowest BCUT2D eigenvalue weighted by molar-refractivity contribution is 0.546. The third kappa shape index (κ3) is 2.91. The second-order valence-electron chi connectivity index (χ2n) is 5.30. The summed E-state index contributed by atoms with van der Waals surface area (Å²) < 4.78 is 4.20. The van der Waals surface area contributed by atoms with Gasteiger partial charge >= 0.3 is 0 Å². The highest BCUT2D eigenvalue weighted by atomic mass is 32.1. The van der Waals surface area contributed by atoms with E-state index in [2.05, 4.69) is 16.9 Å². The van der Waals surface area contributed by atoms with Gasteiger partial charge in [-0.25, -0.2) is 4.98 Å². The smallest absolute Gasteiger partial charge is 0.263 e. The summed E-state index contributed by atoms with van der Waals surface area (Å²) in [5.41, 5.74) is 1.01. The molecule has 3 heterocycles. The molecule has 3 aromatic heterocycles. The molecule has 0 bridgehead atoms. The number of thiophene rings is 1. The van der Waals surface area contributed by atoms with Crippen LogP contribution in [0.25, 0.3) is 10.2 Å². The number of aromatic amines is 1. The number of hydrogen-bond acceptors (Lipinski definition) is 4. The highest BCUT2D eigenvalue weighted by Crippen LogP contribution is 2.21. The molecule has 0 aliphatic rings. The van der Waals surface area contributed by atoms with Crippen LogP contribution in [0.15, 0.2) is 23.4 Å². The molecule has 0 aliphatic heterocycles. The van der Waals surface area contributed by atoms with Crippen LogP contribution < -0.4 is 5.56 Å². The maximum Gasteiger partial charge on any atom is 0.263 e. The summed E-state index contributed by atoms with van der Waals surface area (Å²) in [6.45, 7) is 5.49. The topological polar surface area (TPSA) is 55.6 Å². The lowest BCUT2D eigenvalue weighted by atomic mass is 10.3. The van der Waals surface area contributed by atoms with Gasteiger partial charge in [0, 0.05) is 24.2 Å². The Morgan fingerprint density at radius 1 is 1.41 bits per heavy atom. The van der Waals surface area contributed by atoms with Crippen molar-refractivity contribution >= 4 is 33.8 Å². The minimum absolute atomic E-state index is 0.0107. The van der Waals surface area contributed by atoms with Crippen molar-refractivity contribution in [3.05, 3.63) is 44.3 Å². The van der Waals surface area contributed by atoms with Gasteiger partial charge in [-0.2, -0.15) is 0 Å². The predicted octanol–water partition coefficient (Wildman–Crippen LogP) is 3.28. The minimum atomic E-state index is 0.0107. The van der Waals surface area contributed by atoms with Crippen LogP contribution in [0.4, 0.5) is 0 Å². The molecule has 7 heteroatoms. The van der Waals surface area contributed by atoms with Crippen molar-refractivity contribution < 1.29 is 0 Å². The normalized spacial score (nSPS) is 11.4. The summed E-state index contributed by atoms with van der Waals surface area (Å²) in [7, 11) is 0. The summed E-state index contributed by atoms with van der Waals surface area (Å²) in [5.74, 6) is 0. The largest absolute Gasteiger partial charge is 0.337 e. The van der Waals surface area contributed by atoms with E-state index in [0.29, 0.717) is 11.3 Å².